The summed E-state index contributed by atoms with van der Waals surface area (Å²) in [4.78, 5) is 38.5. The Morgan fingerprint density at radius 1 is 0.526 bits per heavy atom. The Labute approximate surface area is 474 Å². The van der Waals surface area contributed by atoms with E-state index in [4.69, 9.17) is 14.3 Å². The maximum Gasteiger partial charge on any atom is 0.409 e. The lowest BCUT2D eigenvalue weighted by atomic mass is 9.92. The number of hydrogen-bond donors (Lipinski definition) is 0. The number of hydrogen-bond acceptors (Lipinski definition) is 7. The largest absolute Gasteiger partial charge is 0.449 e. The average molecular weight is 1070 g/mol. The number of fused-ring (bicyclic) bond motifs is 3. The Kier molecular flexibility index (Phi) is 54.6. The van der Waals surface area contributed by atoms with Gasteiger partial charge < -0.3 is 29.0 Å². The number of rotatable bonds is 40. The van der Waals surface area contributed by atoms with E-state index in [1.165, 1.54) is 270 Å². The number of carbonyl (C=O) groups excluding carboxylic acids is 2. The van der Waals surface area contributed by atoms with E-state index in [1.54, 1.807) is 0 Å². The second-order valence-corrected chi connectivity index (χ2v) is 23.7. The van der Waals surface area contributed by atoms with Crippen molar-refractivity contribution < 1.29 is 23.9 Å². The molecule has 0 aromatic rings. The van der Waals surface area contributed by atoms with Crippen LogP contribution in [0.3, 0.4) is 0 Å². The standard InChI is InChI=1S/C45H87N3O4.C22H45NO/c1-3-5-7-9-13-26-37-47(38-27-14-10-8-6-4-2)44(49)51-41-29-18-16-23-34-46-35-24-17-19-30-42-52-45(50)48-39-28-15-11-12-21-31-43(33-40-48)32-22-20-25-36-46;1-4-7-10-12-14-16-19-22(24-23-21-18-9-6-3)20-17-15-13-11-8-5-2/h43H,3-42H2,1-2H3;21-22H,4-20H2,1-3H3/b;23-21+. The summed E-state index contributed by atoms with van der Waals surface area (Å²) in [5.41, 5.74) is 0. The van der Waals surface area contributed by atoms with Crippen molar-refractivity contribution in [3.63, 3.8) is 0 Å². The van der Waals surface area contributed by atoms with Crippen LogP contribution in [0, 0.1) is 5.92 Å². The number of ether oxygens (including phenoxy) is 2. The Hall–Kier alpha value is -2.03. The highest BCUT2D eigenvalue weighted by Crippen LogP contribution is 2.24. The van der Waals surface area contributed by atoms with Crippen LogP contribution in [-0.2, 0) is 14.3 Å². The van der Waals surface area contributed by atoms with E-state index in [0.29, 0.717) is 19.3 Å². The molecule has 0 aliphatic carbocycles. The zero-order valence-electron chi connectivity index (χ0n) is 51.9. The lowest BCUT2D eigenvalue weighted by Gasteiger charge is -2.25. The molecule has 2 aliphatic rings. The molecule has 0 aromatic carbocycles. The quantitative estimate of drug-likeness (QED) is 0.0345. The van der Waals surface area contributed by atoms with E-state index >= 15 is 0 Å². The van der Waals surface area contributed by atoms with Crippen LogP contribution in [-0.4, -0.2) is 98.2 Å². The van der Waals surface area contributed by atoms with Gasteiger partial charge in [-0.05, 0) is 122 Å². The second-order valence-electron chi connectivity index (χ2n) is 23.7. The molecule has 1 unspecified atom stereocenters. The normalized spacial score (nSPS) is 17.2. The molecule has 0 radical (unpaired) electrons. The molecule has 2 bridgehead atoms. The maximum atomic E-state index is 13.0. The molecule has 76 heavy (non-hydrogen) atoms. The first-order valence-electron chi connectivity index (χ1n) is 34.2. The van der Waals surface area contributed by atoms with Crippen molar-refractivity contribution in [1.82, 2.24) is 14.7 Å². The number of amides is 2. The summed E-state index contributed by atoms with van der Waals surface area (Å²) in [6.45, 7) is 19.4. The number of carbonyl (C=O) groups is 2. The van der Waals surface area contributed by atoms with E-state index in [9.17, 15) is 9.59 Å². The third-order valence-electron chi connectivity index (χ3n) is 16.4. The molecule has 450 valence electrons. The predicted octanol–water partition coefficient (Wildman–Crippen LogP) is 21.0. The first-order valence-corrected chi connectivity index (χ1v) is 34.2. The Bertz CT molecular complexity index is 1210. The van der Waals surface area contributed by atoms with Gasteiger partial charge in [-0.2, -0.15) is 0 Å². The van der Waals surface area contributed by atoms with E-state index in [2.05, 4.69) is 44.7 Å². The molecule has 2 heterocycles. The van der Waals surface area contributed by atoms with E-state index in [0.717, 1.165) is 89.9 Å². The summed E-state index contributed by atoms with van der Waals surface area (Å²) in [6.07, 6.45) is 62.5. The van der Waals surface area contributed by atoms with Crippen molar-refractivity contribution in [1.29, 1.82) is 0 Å². The molecule has 2 amide bonds. The highest BCUT2D eigenvalue weighted by Gasteiger charge is 2.19. The fourth-order valence-electron chi connectivity index (χ4n) is 11.2. The van der Waals surface area contributed by atoms with Crippen LogP contribution in [0.1, 0.15) is 343 Å². The summed E-state index contributed by atoms with van der Waals surface area (Å²) in [6, 6.07) is 0. The zero-order valence-corrected chi connectivity index (χ0v) is 51.9. The van der Waals surface area contributed by atoms with E-state index < -0.39 is 0 Å². The van der Waals surface area contributed by atoms with Crippen molar-refractivity contribution in [3.05, 3.63) is 0 Å². The lowest BCUT2D eigenvalue weighted by molar-refractivity contribution is 0.0437. The molecular weight excluding hydrogens is 941 g/mol. The predicted molar refractivity (Wildman–Crippen MR) is 329 cm³/mol. The van der Waals surface area contributed by atoms with Gasteiger partial charge in [-0.25, -0.2) is 9.59 Å². The van der Waals surface area contributed by atoms with Crippen molar-refractivity contribution in [2.45, 2.75) is 349 Å². The summed E-state index contributed by atoms with van der Waals surface area (Å²) < 4.78 is 11.6. The SMILES string of the molecule is CCCC/C=N/OC(CCCCCCCC)CCCCCCCC.CCCCCCCCN(CCCCCCCC)C(=O)OCCCCCCN1CCCCCCOC(=O)N2CCCCCCCC(CCCCC1)CC2. The summed E-state index contributed by atoms with van der Waals surface area (Å²) in [7, 11) is 0. The van der Waals surface area contributed by atoms with E-state index in [1.807, 2.05) is 16.0 Å². The highest BCUT2D eigenvalue weighted by atomic mass is 16.6. The second kappa shape index (κ2) is 57.6. The number of unbranched alkanes of at least 4 members (excludes halogenated alkanes) is 25. The van der Waals surface area contributed by atoms with Gasteiger partial charge in [0.2, 0.25) is 0 Å². The van der Waals surface area contributed by atoms with Gasteiger partial charge >= 0.3 is 12.2 Å². The molecule has 0 saturated carbocycles. The Morgan fingerprint density at radius 3 is 1.57 bits per heavy atom. The molecule has 0 aromatic heterocycles. The molecule has 0 N–H and O–H groups in total. The molecular formula is C67H132N4O5. The fraction of sp³-hybridized carbons (Fsp3) is 0.955. The van der Waals surface area contributed by atoms with Gasteiger partial charge in [0.15, 0.2) is 0 Å². The average Bonchev–Trinajstić information content (AvgIpc) is 3.48. The van der Waals surface area contributed by atoms with Gasteiger partial charge in [0, 0.05) is 32.4 Å². The Balaban J connectivity index is 0.00000101. The zero-order chi connectivity index (χ0) is 54.9. The molecule has 2 fully saturated rings. The van der Waals surface area contributed by atoms with Crippen LogP contribution in [0.2, 0.25) is 0 Å². The Morgan fingerprint density at radius 2 is 0.987 bits per heavy atom. The molecule has 2 saturated heterocycles. The minimum atomic E-state index is -0.0819. The van der Waals surface area contributed by atoms with Gasteiger partial charge in [-0.1, -0.05) is 252 Å². The monoisotopic (exact) mass is 1070 g/mol. The maximum absolute atomic E-state index is 13.0. The number of oxime groups is 1. The van der Waals surface area contributed by atoms with Crippen LogP contribution in [0.25, 0.3) is 0 Å². The summed E-state index contributed by atoms with van der Waals surface area (Å²) >= 11 is 0. The first-order chi connectivity index (χ1) is 37.5. The molecule has 2 aliphatic heterocycles. The van der Waals surface area contributed by atoms with Crippen LogP contribution in [0.15, 0.2) is 5.16 Å². The van der Waals surface area contributed by atoms with Crippen molar-refractivity contribution in [2.24, 2.45) is 11.1 Å². The fourth-order valence-corrected chi connectivity index (χ4v) is 11.2. The number of cyclic esters (lactones) is 1. The molecule has 0 spiro atoms. The van der Waals surface area contributed by atoms with Crippen LogP contribution < -0.4 is 0 Å². The molecule has 9 heteroatoms. The van der Waals surface area contributed by atoms with Crippen LogP contribution in [0.4, 0.5) is 9.59 Å². The van der Waals surface area contributed by atoms with Gasteiger partial charge in [0.1, 0.15) is 6.10 Å². The van der Waals surface area contributed by atoms with Crippen molar-refractivity contribution >= 4 is 18.4 Å². The minimum absolute atomic E-state index is 0.0718. The minimum Gasteiger partial charge on any atom is -0.449 e. The molecule has 2 rings (SSSR count). The van der Waals surface area contributed by atoms with Crippen LogP contribution >= 0.6 is 0 Å². The summed E-state index contributed by atoms with van der Waals surface area (Å²) in [5.74, 6) is 0.742. The van der Waals surface area contributed by atoms with Crippen molar-refractivity contribution in [3.8, 4) is 0 Å². The van der Waals surface area contributed by atoms with Gasteiger partial charge in [-0.3, -0.25) is 0 Å². The lowest BCUT2D eigenvalue weighted by Crippen LogP contribution is -2.34. The highest BCUT2D eigenvalue weighted by molar-refractivity contribution is 5.67. The topological polar surface area (TPSA) is 83.9 Å². The number of nitrogens with zero attached hydrogens (tertiary/aromatic N) is 4. The first kappa shape index (κ1) is 72.0. The van der Waals surface area contributed by atoms with E-state index in [-0.39, 0.29) is 12.2 Å². The van der Waals surface area contributed by atoms with Gasteiger partial charge in [0.05, 0.1) is 13.2 Å². The van der Waals surface area contributed by atoms with Crippen LogP contribution in [0.5, 0.6) is 0 Å². The third kappa shape index (κ3) is 46.8. The third-order valence-corrected chi connectivity index (χ3v) is 16.4. The smallest absolute Gasteiger partial charge is 0.409 e. The molecule has 9 nitrogen and oxygen atoms in total. The summed E-state index contributed by atoms with van der Waals surface area (Å²) in [5, 5.41) is 4.24. The van der Waals surface area contributed by atoms with Gasteiger partial charge in [0.25, 0.3) is 0 Å². The molecule has 1 atom stereocenters. The van der Waals surface area contributed by atoms with Gasteiger partial charge in [-0.15, -0.1) is 0 Å². The van der Waals surface area contributed by atoms with Crippen molar-refractivity contribution in [2.75, 3.05) is 59.0 Å².